The van der Waals surface area contributed by atoms with Crippen molar-refractivity contribution >= 4 is 21.6 Å². The topological polar surface area (TPSA) is 93.7 Å². The highest BCUT2D eigenvalue weighted by Crippen LogP contribution is 2.38. The summed E-state index contributed by atoms with van der Waals surface area (Å²) >= 11 is 0. The first-order valence-electron chi connectivity index (χ1n) is 11.2. The van der Waals surface area contributed by atoms with Crippen molar-refractivity contribution in [2.45, 2.75) is 25.1 Å². The molecule has 0 aromatic heterocycles. The molecule has 1 aliphatic rings. The number of ether oxygens (including phenoxy) is 2. The van der Waals surface area contributed by atoms with Gasteiger partial charge in [0.05, 0.1) is 31.6 Å². The van der Waals surface area contributed by atoms with Gasteiger partial charge in [0, 0.05) is 11.7 Å². The molecule has 3 aromatic rings. The molecule has 7 nitrogen and oxygen atoms in total. The molecule has 0 bridgehead atoms. The van der Waals surface area contributed by atoms with Crippen molar-refractivity contribution in [3.63, 3.8) is 0 Å². The Balaban J connectivity index is 1.65. The van der Waals surface area contributed by atoms with Crippen LogP contribution in [0.15, 0.2) is 54.6 Å². The van der Waals surface area contributed by atoms with E-state index in [1.165, 1.54) is 32.4 Å². The Labute approximate surface area is 212 Å². The first kappa shape index (κ1) is 26.5. The first-order chi connectivity index (χ1) is 17.4. The summed E-state index contributed by atoms with van der Waals surface area (Å²) in [7, 11) is -0.513. The molecule has 37 heavy (non-hydrogen) atoms. The zero-order valence-corrected chi connectivity index (χ0v) is 21.1. The van der Waals surface area contributed by atoms with Crippen LogP contribution in [0.3, 0.4) is 0 Å². The third-order valence-corrected chi connectivity index (χ3v) is 6.83. The number of halogens is 3. The van der Waals surface area contributed by atoms with Crippen molar-refractivity contribution in [2.24, 2.45) is 0 Å². The molecule has 4 rings (SSSR count). The summed E-state index contributed by atoms with van der Waals surface area (Å²) < 4.78 is 75.6. The highest BCUT2D eigenvalue weighted by atomic mass is 32.2. The second-order valence-corrected chi connectivity index (χ2v) is 10.5. The van der Waals surface area contributed by atoms with Gasteiger partial charge in [-0.15, -0.1) is 0 Å². The van der Waals surface area contributed by atoms with Crippen LogP contribution in [0, 0.1) is 0 Å². The van der Waals surface area contributed by atoms with Crippen molar-refractivity contribution in [3.05, 3.63) is 76.9 Å². The summed E-state index contributed by atoms with van der Waals surface area (Å²) in [4.78, 5) is 13.4. The molecular weight excluding hydrogens is 509 g/mol. The molecule has 0 fully saturated rings. The lowest BCUT2D eigenvalue weighted by Crippen LogP contribution is -2.34. The minimum Gasteiger partial charge on any atom is -0.493 e. The van der Waals surface area contributed by atoms with E-state index < -0.39 is 27.7 Å². The fraction of sp³-hybridized carbons (Fsp3) is 0.269. The second kappa shape index (κ2) is 10.1. The fourth-order valence-corrected chi connectivity index (χ4v) is 5.20. The normalized spacial score (nSPS) is 15.2. The van der Waals surface area contributed by atoms with Gasteiger partial charge < -0.3 is 14.8 Å². The van der Waals surface area contributed by atoms with Gasteiger partial charge in [-0.05, 0) is 71.5 Å². The summed E-state index contributed by atoms with van der Waals surface area (Å²) in [5.74, 6) is 0.0995. The maximum atomic E-state index is 13.4. The van der Waals surface area contributed by atoms with E-state index in [0.29, 0.717) is 35.4 Å². The van der Waals surface area contributed by atoms with Crippen LogP contribution in [0.25, 0.3) is 11.1 Å². The molecule has 0 saturated heterocycles. The van der Waals surface area contributed by atoms with Crippen molar-refractivity contribution in [3.8, 4) is 22.6 Å². The molecule has 0 saturated carbocycles. The van der Waals surface area contributed by atoms with Gasteiger partial charge >= 0.3 is 6.18 Å². The van der Waals surface area contributed by atoms with Gasteiger partial charge in [-0.2, -0.15) is 13.2 Å². The van der Waals surface area contributed by atoms with Gasteiger partial charge in [0.2, 0.25) is 10.0 Å². The number of anilines is 1. The Hall–Kier alpha value is -3.57. The van der Waals surface area contributed by atoms with Crippen LogP contribution in [0.5, 0.6) is 11.5 Å². The van der Waals surface area contributed by atoms with Crippen LogP contribution < -0.4 is 19.5 Å². The molecule has 1 amide bonds. The summed E-state index contributed by atoms with van der Waals surface area (Å²) in [5.41, 5.74) is 2.52. The number of hydrogen-bond donors (Lipinski definition) is 2. The Kier molecular flexibility index (Phi) is 7.20. The standard InChI is InChI=1S/C26H25F3N2O5S/c1-35-23-13-21(15-4-7-18(8-5-15)26(27,28)29)22(14-24(23)36-2)25(32)30-19-9-6-16-10-20(12-17(16)11-19)31-37(3,33)34/h4-9,11,13-14,20,31H,10,12H2,1-3H3,(H,30,32). The van der Waals surface area contributed by atoms with Crippen LogP contribution in [0.4, 0.5) is 18.9 Å². The maximum absolute atomic E-state index is 13.4. The molecule has 1 unspecified atom stereocenters. The molecule has 196 valence electrons. The number of carbonyl (C=O) groups excluding carboxylic acids is 1. The molecule has 1 aliphatic carbocycles. The van der Waals surface area contributed by atoms with Crippen LogP contribution in [-0.4, -0.2) is 40.8 Å². The van der Waals surface area contributed by atoms with Crippen LogP contribution in [0.2, 0.25) is 0 Å². The Morgan fingerprint density at radius 3 is 2.14 bits per heavy atom. The van der Waals surface area contributed by atoms with Gasteiger partial charge in [0.25, 0.3) is 5.91 Å². The van der Waals surface area contributed by atoms with Crippen molar-refractivity contribution in [2.75, 3.05) is 25.8 Å². The van der Waals surface area contributed by atoms with Crippen LogP contribution in [-0.2, 0) is 29.0 Å². The average Bonchev–Trinajstić information content (AvgIpc) is 3.22. The number of benzene rings is 3. The van der Waals surface area contributed by atoms with Crippen molar-refractivity contribution in [1.82, 2.24) is 4.72 Å². The molecule has 0 radical (unpaired) electrons. The van der Waals surface area contributed by atoms with Crippen molar-refractivity contribution in [1.29, 1.82) is 0 Å². The Morgan fingerprint density at radius 1 is 0.919 bits per heavy atom. The molecule has 0 aliphatic heterocycles. The van der Waals surface area contributed by atoms with E-state index in [1.54, 1.807) is 18.2 Å². The number of sulfonamides is 1. The third kappa shape index (κ3) is 6.05. The number of nitrogens with one attached hydrogen (secondary N) is 2. The van der Waals surface area contributed by atoms with E-state index in [4.69, 9.17) is 9.47 Å². The molecule has 11 heteroatoms. The van der Waals surface area contributed by atoms with E-state index >= 15 is 0 Å². The molecule has 3 aromatic carbocycles. The van der Waals surface area contributed by atoms with E-state index in [9.17, 15) is 26.4 Å². The number of hydrogen-bond acceptors (Lipinski definition) is 5. The maximum Gasteiger partial charge on any atom is 0.416 e. The average molecular weight is 535 g/mol. The van der Waals surface area contributed by atoms with Crippen LogP contribution >= 0.6 is 0 Å². The quantitative estimate of drug-likeness (QED) is 0.460. The van der Waals surface area contributed by atoms with E-state index in [0.717, 1.165) is 29.5 Å². The third-order valence-electron chi connectivity index (χ3n) is 6.07. The number of carbonyl (C=O) groups is 1. The van der Waals surface area contributed by atoms with Gasteiger partial charge in [0.1, 0.15) is 0 Å². The lowest BCUT2D eigenvalue weighted by molar-refractivity contribution is -0.137. The zero-order valence-electron chi connectivity index (χ0n) is 20.3. The smallest absolute Gasteiger partial charge is 0.416 e. The van der Waals surface area contributed by atoms with Gasteiger partial charge in [-0.3, -0.25) is 4.79 Å². The fourth-order valence-electron chi connectivity index (χ4n) is 4.42. The molecule has 2 N–H and O–H groups in total. The second-order valence-electron chi connectivity index (χ2n) is 8.76. The van der Waals surface area contributed by atoms with Gasteiger partial charge in [-0.25, -0.2) is 13.1 Å². The number of fused-ring (bicyclic) bond motifs is 1. The Bertz CT molecular complexity index is 1440. The number of amides is 1. The zero-order chi connectivity index (χ0) is 27.0. The van der Waals surface area contributed by atoms with E-state index in [1.807, 2.05) is 6.07 Å². The predicted octanol–water partition coefficient (Wildman–Crippen LogP) is 4.66. The highest BCUT2D eigenvalue weighted by Gasteiger charge is 2.30. The van der Waals surface area contributed by atoms with E-state index in [2.05, 4.69) is 10.0 Å². The number of alkyl halides is 3. The summed E-state index contributed by atoms with van der Waals surface area (Å²) in [6, 6.07) is 12.6. The summed E-state index contributed by atoms with van der Waals surface area (Å²) in [6.07, 6.45) is -2.34. The first-order valence-corrected chi connectivity index (χ1v) is 13.1. The molecular formula is C26H25F3N2O5S. The largest absolute Gasteiger partial charge is 0.493 e. The SMILES string of the molecule is COc1cc(C(=O)Nc2ccc3c(c2)CC(NS(C)(=O)=O)C3)c(-c2ccc(C(F)(F)F)cc2)cc1OC. The number of rotatable bonds is 7. The van der Waals surface area contributed by atoms with E-state index in [-0.39, 0.29) is 17.4 Å². The summed E-state index contributed by atoms with van der Waals surface area (Å²) in [5, 5.41) is 2.83. The lowest BCUT2D eigenvalue weighted by Gasteiger charge is -2.16. The molecule has 0 spiro atoms. The predicted molar refractivity (Wildman–Crippen MR) is 134 cm³/mol. The van der Waals surface area contributed by atoms with Crippen LogP contribution in [0.1, 0.15) is 27.0 Å². The lowest BCUT2D eigenvalue weighted by atomic mass is 9.97. The van der Waals surface area contributed by atoms with Crippen molar-refractivity contribution < 1.29 is 35.9 Å². The van der Waals surface area contributed by atoms with Gasteiger partial charge in [-0.1, -0.05) is 18.2 Å². The minimum absolute atomic E-state index is 0.175. The number of methoxy groups -OCH3 is 2. The highest BCUT2D eigenvalue weighted by molar-refractivity contribution is 7.88. The van der Waals surface area contributed by atoms with Gasteiger partial charge in [0.15, 0.2) is 11.5 Å². The Morgan fingerprint density at radius 2 is 1.54 bits per heavy atom. The minimum atomic E-state index is -4.49. The summed E-state index contributed by atoms with van der Waals surface area (Å²) in [6.45, 7) is 0. The molecule has 0 heterocycles. The molecule has 1 atom stereocenters. The monoisotopic (exact) mass is 534 g/mol.